The summed E-state index contributed by atoms with van der Waals surface area (Å²) in [4.78, 5) is 0. The molecule has 0 saturated heterocycles. The van der Waals surface area contributed by atoms with Crippen LogP contribution >= 0.6 is 0 Å². The first kappa shape index (κ1) is 45.9. The van der Waals surface area contributed by atoms with Crippen molar-refractivity contribution < 1.29 is 38.3 Å². The van der Waals surface area contributed by atoms with Crippen LogP contribution in [0.5, 0.6) is 11.5 Å². The summed E-state index contributed by atoms with van der Waals surface area (Å²) in [5.41, 5.74) is 11.8. The van der Waals surface area contributed by atoms with Crippen LogP contribution in [0, 0.1) is 0 Å². The molecule has 0 spiro atoms. The van der Waals surface area contributed by atoms with E-state index in [4.69, 9.17) is 38.9 Å². The number of aliphatic hydroxyl groups excluding tert-OH is 1. The number of nitrogens with two attached hydrogens (primary N) is 1. The Bertz CT molecular complexity index is 1910. The summed E-state index contributed by atoms with van der Waals surface area (Å²) in [6.45, 7) is 22.9. The van der Waals surface area contributed by atoms with Crippen LogP contribution in [-0.4, -0.2) is 63.4 Å². The van der Waals surface area contributed by atoms with Crippen molar-refractivity contribution in [3.63, 3.8) is 0 Å². The Morgan fingerprint density at radius 1 is 0.610 bits per heavy atom. The number of ether oxygens (including phenoxy) is 7. The summed E-state index contributed by atoms with van der Waals surface area (Å²) >= 11 is 0. The van der Waals surface area contributed by atoms with E-state index in [1.165, 1.54) is 16.7 Å². The number of aliphatic hydroxyl groups is 1. The van der Waals surface area contributed by atoms with Crippen molar-refractivity contribution in [2.75, 3.05) is 39.6 Å². The predicted molar refractivity (Wildman–Crippen MR) is 234 cm³/mol. The zero-order valence-electron chi connectivity index (χ0n) is 36.9. The molecule has 0 aliphatic carbocycles. The van der Waals surface area contributed by atoms with Gasteiger partial charge in [0.15, 0.2) is 12.6 Å². The summed E-state index contributed by atoms with van der Waals surface area (Å²) in [6, 6.07) is 33.3. The van der Waals surface area contributed by atoms with E-state index in [-0.39, 0.29) is 29.6 Å². The fourth-order valence-corrected chi connectivity index (χ4v) is 7.13. The van der Waals surface area contributed by atoms with Crippen molar-refractivity contribution in [1.82, 2.24) is 0 Å². The predicted octanol–water partition coefficient (Wildman–Crippen LogP) is 9.65. The van der Waals surface area contributed by atoms with Crippen molar-refractivity contribution in [3.05, 3.63) is 142 Å². The second-order valence-electron chi connectivity index (χ2n) is 17.6. The average molecular weight is 810 g/mol. The normalized spacial score (nSPS) is 15.3. The Morgan fingerprint density at radius 2 is 1.07 bits per heavy atom. The molecule has 4 aromatic carbocycles. The van der Waals surface area contributed by atoms with Gasteiger partial charge in [0.1, 0.15) is 36.6 Å². The first-order valence-electron chi connectivity index (χ1n) is 20.8. The van der Waals surface area contributed by atoms with E-state index < -0.39 is 24.3 Å². The third kappa shape index (κ3) is 12.9. The largest absolute Gasteiger partial charge is 0.495 e. The molecule has 3 unspecified atom stereocenters. The average Bonchev–Trinajstić information content (AvgIpc) is 3.72. The number of rotatable bonds is 22. The highest BCUT2D eigenvalue weighted by Gasteiger charge is 2.28. The summed E-state index contributed by atoms with van der Waals surface area (Å²) in [5.74, 6) is 2.27. The summed E-state index contributed by atoms with van der Waals surface area (Å²) < 4.78 is 41.1. The molecule has 0 bridgehead atoms. The van der Waals surface area contributed by atoms with Crippen molar-refractivity contribution in [1.29, 1.82) is 0 Å². The van der Waals surface area contributed by atoms with E-state index in [0.29, 0.717) is 32.2 Å². The van der Waals surface area contributed by atoms with Crippen LogP contribution in [0.2, 0.25) is 0 Å². The third-order valence-corrected chi connectivity index (χ3v) is 11.1. The molecule has 0 aromatic heterocycles. The minimum Gasteiger partial charge on any atom is -0.495 e. The van der Waals surface area contributed by atoms with Crippen molar-refractivity contribution >= 4 is 0 Å². The fraction of sp³-hybridized carbons (Fsp3) is 0.480. The maximum absolute atomic E-state index is 10.3. The van der Waals surface area contributed by atoms with E-state index in [0.717, 1.165) is 34.6 Å². The molecule has 9 heteroatoms. The van der Waals surface area contributed by atoms with Crippen LogP contribution < -0.4 is 15.2 Å². The number of hydrogen-bond acceptors (Lipinski definition) is 9. The highest BCUT2D eigenvalue weighted by molar-refractivity contribution is 5.43. The molecule has 3 N–H and O–H groups in total. The highest BCUT2D eigenvalue weighted by Crippen LogP contribution is 2.36. The molecule has 4 aromatic rings. The van der Waals surface area contributed by atoms with Gasteiger partial charge in [-0.05, 0) is 105 Å². The first-order chi connectivity index (χ1) is 27.8. The van der Waals surface area contributed by atoms with Gasteiger partial charge in [-0.1, -0.05) is 100 Å². The lowest BCUT2D eigenvalue weighted by atomic mass is 9.77. The van der Waals surface area contributed by atoms with Crippen molar-refractivity contribution in [3.8, 4) is 11.5 Å². The van der Waals surface area contributed by atoms with Gasteiger partial charge in [-0.3, -0.25) is 0 Å². The smallest absolute Gasteiger partial charge is 0.197 e. The molecule has 3 atom stereocenters. The van der Waals surface area contributed by atoms with Gasteiger partial charge in [0, 0.05) is 22.8 Å². The molecular formula is C50H67NO8. The zero-order valence-corrected chi connectivity index (χ0v) is 36.9. The Hall–Kier alpha value is -4.22. The van der Waals surface area contributed by atoms with Gasteiger partial charge in [-0.25, -0.2) is 0 Å². The van der Waals surface area contributed by atoms with Gasteiger partial charge in [0.25, 0.3) is 0 Å². The lowest BCUT2D eigenvalue weighted by molar-refractivity contribution is -0.204. The molecule has 0 radical (unpaired) electrons. The molecule has 1 aliphatic heterocycles. The van der Waals surface area contributed by atoms with Crippen LogP contribution in [0.1, 0.15) is 109 Å². The molecule has 0 amide bonds. The molecule has 320 valence electrons. The SMILES string of the molecule is CC(OCCOC(C)OC(C)(C)c1ccc(C(C)(C)c2ccc(OCC(O)COCC3=CCCO3)cc2)cc1)Oc1ccc(C(C)(C)c2ccc(C(C)(C)N)cc2)cc1. The van der Waals surface area contributed by atoms with E-state index in [2.05, 4.69) is 100 Å². The molecule has 1 aliphatic rings. The van der Waals surface area contributed by atoms with Crippen molar-refractivity contribution in [2.45, 2.75) is 116 Å². The van der Waals surface area contributed by atoms with Gasteiger partial charge in [-0.15, -0.1) is 0 Å². The van der Waals surface area contributed by atoms with Crippen LogP contribution in [0.15, 0.2) is 109 Å². The van der Waals surface area contributed by atoms with E-state index >= 15 is 0 Å². The second kappa shape index (κ2) is 19.9. The standard InChI is InChI=1S/C50H67NO8/c1-35(58-45-27-23-40(24-28-45)47(3,4)37-13-17-41(18-14-37)49(7,8)51)54-30-31-55-36(2)59-50(9,10)42-19-15-38(16-20-42)48(5,6)39-21-25-44(26-22-39)57-33-43(52)32-53-34-46-12-11-29-56-46/h12-28,35-36,43,52H,11,29-34,51H2,1-10H3. The number of benzene rings is 4. The minimum absolute atomic E-state index is 0.148. The molecular weight excluding hydrogens is 743 g/mol. The fourth-order valence-electron chi connectivity index (χ4n) is 7.13. The van der Waals surface area contributed by atoms with Crippen LogP contribution in [0.4, 0.5) is 0 Å². The third-order valence-electron chi connectivity index (χ3n) is 11.1. The zero-order chi connectivity index (χ0) is 42.8. The second-order valence-corrected chi connectivity index (χ2v) is 17.6. The maximum atomic E-state index is 10.3. The topological polar surface area (TPSA) is 111 Å². The quantitative estimate of drug-likeness (QED) is 0.0593. The summed E-state index contributed by atoms with van der Waals surface area (Å²) in [6.07, 6.45) is 1.29. The van der Waals surface area contributed by atoms with Gasteiger partial charge in [0.2, 0.25) is 0 Å². The van der Waals surface area contributed by atoms with E-state index in [9.17, 15) is 5.11 Å². The van der Waals surface area contributed by atoms with Crippen molar-refractivity contribution in [2.24, 2.45) is 5.73 Å². The lowest BCUT2D eigenvalue weighted by Crippen LogP contribution is -2.30. The minimum atomic E-state index is -0.729. The van der Waals surface area contributed by atoms with Gasteiger partial charge < -0.3 is 44.0 Å². The summed E-state index contributed by atoms with van der Waals surface area (Å²) in [5, 5.41) is 10.3. The Labute approximate surface area is 352 Å². The maximum Gasteiger partial charge on any atom is 0.197 e. The highest BCUT2D eigenvalue weighted by atomic mass is 16.7. The summed E-state index contributed by atoms with van der Waals surface area (Å²) in [7, 11) is 0. The molecule has 1 heterocycles. The van der Waals surface area contributed by atoms with Crippen LogP contribution in [-0.2, 0) is 45.7 Å². The molecule has 59 heavy (non-hydrogen) atoms. The van der Waals surface area contributed by atoms with E-state index in [1.54, 1.807) is 0 Å². The van der Waals surface area contributed by atoms with Gasteiger partial charge in [-0.2, -0.15) is 0 Å². The molecule has 5 rings (SSSR count). The van der Waals surface area contributed by atoms with Gasteiger partial charge >= 0.3 is 0 Å². The molecule has 0 fully saturated rings. The Balaban J connectivity index is 1.02. The Kier molecular flexibility index (Phi) is 15.5. The molecule has 9 nitrogen and oxygen atoms in total. The Morgan fingerprint density at radius 3 is 1.56 bits per heavy atom. The van der Waals surface area contributed by atoms with E-state index in [1.807, 2.05) is 71.9 Å². The lowest BCUT2D eigenvalue weighted by Gasteiger charge is -2.31. The monoisotopic (exact) mass is 809 g/mol. The first-order valence-corrected chi connectivity index (χ1v) is 20.8. The van der Waals surface area contributed by atoms with Crippen LogP contribution in [0.3, 0.4) is 0 Å². The van der Waals surface area contributed by atoms with Crippen LogP contribution in [0.25, 0.3) is 0 Å². The molecule has 0 saturated carbocycles. The van der Waals surface area contributed by atoms with Gasteiger partial charge in [0.05, 0.1) is 32.0 Å². The number of hydrogen-bond donors (Lipinski definition) is 2.